The molecule has 0 heteroatoms. The fourth-order valence-electron chi connectivity index (χ4n) is 5.64. The second kappa shape index (κ2) is 9.37. The van der Waals surface area contributed by atoms with E-state index >= 15 is 0 Å². The molecule has 0 unspecified atom stereocenters. The summed E-state index contributed by atoms with van der Waals surface area (Å²) in [5, 5.41) is 0. The Morgan fingerprint density at radius 1 is 0.353 bits per heavy atom. The quantitative estimate of drug-likeness (QED) is 0.178. The standard InChI is InChI=1S/C34H28/c1-2-33(28-18-8-3-9-19-28,29-20-10-4-11-21-29)34(30-22-12-5-13-23-30,31-24-14-6-15-25-31)32-26-16-7-17-27-32/h2-27H,1H2. The van der Waals surface area contributed by atoms with E-state index in [1.807, 2.05) is 0 Å². The molecule has 0 bridgehead atoms. The van der Waals surface area contributed by atoms with Gasteiger partial charge in [-0.3, -0.25) is 0 Å². The highest BCUT2D eigenvalue weighted by molar-refractivity contribution is 5.64. The van der Waals surface area contributed by atoms with Crippen molar-refractivity contribution in [2.45, 2.75) is 10.8 Å². The van der Waals surface area contributed by atoms with Gasteiger partial charge in [-0.2, -0.15) is 0 Å². The molecule has 0 aliphatic rings. The summed E-state index contributed by atoms with van der Waals surface area (Å²) in [6.45, 7) is 4.53. The third-order valence-electron chi connectivity index (χ3n) is 6.98. The molecule has 0 saturated heterocycles. The molecule has 0 aliphatic heterocycles. The van der Waals surface area contributed by atoms with Crippen LogP contribution in [0.2, 0.25) is 0 Å². The first-order valence-electron chi connectivity index (χ1n) is 11.8. The topological polar surface area (TPSA) is 0 Å². The Morgan fingerprint density at radius 3 is 0.824 bits per heavy atom. The molecular formula is C34H28. The van der Waals surface area contributed by atoms with Crippen LogP contribution in [-0.2, 0) is 10.8 Å². The largest absolute Gasteiger partial charge is 0.102 e. The Balaban J connectivity index is 2.05. The Hall–Kier alpha value is -4.16. The Bertz CT molecular complexity index is 1190. The third-order valence-corrected chi connectivity index (χ3v) is 6.98. The molecule has 0 aliphatic carbocycles. The molecule has 0 amide bonds. The fraction of sp³-hybridized carbons (Fsp3) is 0.0588. The average Bonchev–Trinajstić information content (AvgIpc) is 2.94. The predicted octanol–water partition coefficient (Wildman–Crippen LogP) is 8.19. The summed E-state index contributed by atoms with van der Waals surface area (Å²) in [5.74, 6) is 0. The van der Waals surface area contributed by atoms with Crippen LogP contribution in [-0.4, -0.2) is 0 Å². The van der Waals surface area contributed by atoms with Gasteiger partial charge in [-0.25, -0.2) is 0 Å². The van der Waals surface area contributed by atoms with E-state index in [4.69, 9.17) is 0 Å². The van der Waals surface area contributed by atoms with Crippen molar-refractivity contribution in [1.29, 1.82) is 0 Å². The van der Waals surface area contributed by atoms with Crippen molar-refractivity contribution < 1.29 is 0 Å². The lowest BCUT2D eigenvalue weighted by Gasteiger charge is -2.51. The lowest BCUT2D eigenvalue weighted by Crippen LogP contribution is -2.50. The maximum Gasteiger partial charge on any atom is 0.0623 e. The minimum absolute atomic E-state index is 0.568. The van der Waals surface area contributed by atoms with Gasteiger partial charge in [0.25, 0.3) is 0 Å². The molecular weight excluding hydrogens is 408 g/mol. The number of hydrogen-bond donors (Lipinski definition) is 0. The molecule has 0 heterocycles. The van der Waals surface area contributed by atoms with Crippen LogP contribution in [0.3, 0.4) is 0 Å². The van der Waals surface area contributed by atoms with Crippen LogP contribution in [0.25, 0.3) is 0 Å². The Morgan fingerprint density at radius 2 is 0.588 bits per heavy atom. The molecule has 0 saturated carbocycles. The van der Waals surface area contributed by atoms with Crippen LogP contribution in [0, 0.1) is 0 Å². The summed E-state index contributed by atoms with van der Waals surface area (Å²) >= 11 is 0. The number of rotatable bonds is 7. The minimum Gasteiger partial charge on any atom is -0.102 e. The smallest absolute Gasteiger partial charge is 0.0623 e. The van der Waals surface area contributed by atoms with Crippen LogP contribution in [0.5, 0.6) is 0 Å². The SMILES string of the molecule is C=CC(c1ccccc1)(c1ccccc1)C(c1ccccc1)(c1ccccc1)c1ccccc1. The molecule has 0 nitrogen and oxygen atoms in total. The van der Waals surface area contributed by atoms with Crippen LogP contribution < -0.4 is 0 Å². The highest BCUT2D eigenvalue weighted by atomic mass is 14.5. The zero-order valence-electron chi connectivity index (χ0n) is 19.2. The number of benzene rings is 5. The highest BCUT2D eigenvalue weighted by Crippen LogP contribution is 2.57. The predicted molar refractivity (Wildman–Crippen MR) is 143 cm³/mol. The molecule has 5 aromatic carbocycles. The molecule has 164 valence electrons. The normalized spacial score (nSPS) is 11.6. The second-order valence-electron chi connectivity index (χ2n) is 8.59. The average molecular weight is 437 g/mol. The minimum atomic E-state index is -0.584. The van der Waals surface area contributed by atoms with E-state index in [1.165, 1.54) is 27.8 Å². The Kier molecular flexibility index (Phi) is 5.97. The van der Waals surface area contributed by atoms with Crippen molar-refractivity contribution in [1.82, 2.24) is 0 Å². The van der Waals surface area contributed by atoms with Crippen LogP contribution in [0.4, 0.5) is 0 Å². The molecule has 0 N–H and O–H groups in total. The van der Waals surface area contributed by atoms with E-state index in [1.54, 1.807) is 0 Å². The lowest BCUT2D eigenvalue weighted by atomic mass is 9.49. The zero-order valence-corrected chi connectivity index (χ0v) is 19.2. The lowest BCUT2D eigenvalue weighted by molar-refractivity contribution is 0.434. The third kappa shape index (κ3) is 3.31. The van der Waals surface area contributed by atoms with Crippen LogP contribution in [0.15, 0.2) is 164 Å². The van der Waals surface area contributed by atoms with Crippen molar-refractivity contribution in [2.24, 2.45) is 0 Å². The van der Waals surface area contributed by atoms with Crippen molar-refractivity contribution in [3.63, 3.8) is 0 Å². The van der Waals surface area contributed by atoms with E-state index in [0.29, 0.717) is 0 Å². The van der Waals surface area contributed by atoms with Gasteiger partial charge in [0.1, 0.15) is 0 Å². The first-order chi connectivity index (χ1) is 16.8. The summed E-state index contributed by atoms with van der Waals surface area (Å²) < 4.78 is 0. The zero-order chi connectivity index (χ0) is 23.3. The van der Waals surface area contributed by atoms with Crippen molar-refractivity contribution in [2.75, 3.05) is 0 Å². The number of allylic oxidation sites excluding steroid dienone is 1. The molecule has 5 rings (SSSR count). The van der Waals surface area contributed by atoms with Gasteiger partial charge in [-0.1, -0.05) is 158 Å². The van der Waals surface area contributed by atoms with Gasteiger partial charge in [-0.15, -0.1) is 6.58 Å². The van der Waals surface area contributed by atoms with Crippen molar-refractivity contribution >= 4 is 0 Å². The molecule has 0 atom stereocenters. The molecule has 34 heavy (non-hydrogen) atoms. The van der Waals surface area contributed by atoms with Crippen LogP contribution in [0.1, 0.15) is 27.8 Å². The van der Waals surface area contributed by atoms with Crippen LogP contribution >= 0.6 is 0 Å². The maximum atomic E-state index is 4.53. The number of hydrogen-bond acceptors (Lipinski definition) is 0. The summed E-state index contributed by atoms with van der Waals surface area (Å²) in [6.07, 6.45) is 2.16. The van der Waals surface area contributed by atoms with Gasteiger partial charge in [0.05, 0.1) is 10.8 Å². The summed E-state index contributed by atoms with van der Waals surface area (Å²) in [4.78, 5) is 0. The monoisotopic (exact) mass is 436 g/mol. The summed E-state index contributed by atoms with van der Waals surface area (Å²) in [7, 11) is 0. The van der Waals surface area contributed by atoms with Crippen molar-refractivity contribution in [3.05, 3.63) is 192 Å². The van der Waals surface area contributed by atoms with Gasteiger partial charge in [0.15, 0.2) is 0 Å². The molecule has 0 fully saturated rings. The van der Waals surface area contributed by atoms with E-state index < -0.39 is 10.8 Å². The molecule has 0 radical (unpaired) electrons. The first kappa shape index (κ1) is 21.7. The van der Waals surface area contributed by atoms with Gasteiger partial charge >= 0.3 is 0 Å². The summed E-state index contributed by atoms with van der Waals surface area (Å²) in [5.41, 5.74) is 4.92. The van der Waals surface area contributed by atoms with Gasteiger partial charge in [0, 0.05) is 0 Å². The van der Waals surface area contributed by atoms with Gasteiger partial charge in [-0.05, 0) is 27.8 Å². The second-order valence-corrected chi connectivity index (χ2v) is 8.59. The summed E-state index contributed by atoms with van der Waals surface area (Å²) in [6, 6.07) is 54.2. The Labute approximate surface area is 202 Å². The van der Waals surface area contributed by atoms with E-state index in [0.717, 1.165) is 0 Å². The van der Waals surface area contributed by atoms with E-state index in [-0.39, 0.29) is 0 Å². The van der Waals surface area contributed by atoms with Gasteiger partial charge in [0.2, 0.25) is 0 Å². The molecule has 0 spiro atoms. The van der Waals surface area contributed by atoms with E-state index in [2.05, 4.69) is 164 Å². The van der Waals surface area contributed by atoms with E-state index in [9.17, 15) is 0 Å². The fourth-order valence-corrected chi connectivity index (χ4v) is 5.64. The first-order valence-corrected chi connectivity index (χ1v) is 11.8. The molecule has 5 aromatic rings. The van der Waals surface area contributed by atoms with Crippen molar-refractivity contribution in [3.8, 4) is 0 Å². The van der Waals surface area contributed by atoms with Gasteiger partial charge < -0.3 is 0 Å². The highest BCUT2D eigenvalue weighted by Gasteiger charge is 2.54. The molecule has 0 aromatic heterocycles. The maximum absolute atomic E-state index is 4.53.